The van der Waals surface area contributed by atoms with Crippen LogP contribution in [0.1, 0.15) is 32.1 Å². The van der Waals surface area contributed by atoms with Gasteiger partial charge in [-0.3, -0.25) is 0 Å². The van der Waals surface area contributed by atoms with Gasteiger partial charge in [0.25, 0.3) is 0 Å². The Bertz CT molecular complexity index is 601. The van der Waals surface area contributed by atoms with Crippen LogP contribution in [-0.2, 0) is 10.0 Å². The van der Waals surface area contributed by atoms with Crippen molar-refractivity contribution in [1.82, 2.24) is 4.72 Å². The molecule has 1 aromatic rings. The van der Waals surface area contributed by atoms with E-state index in [4.69, 9.17) is 0 Å². The van der Waals surface area contributed by atoms with Crippen molar-refractivity contribution in [3.63, 3.8) is 0 Å². The predicted octanol–water partition coefficient (Wildman–Crippen LogP) is 3.93. The van der Waals surface area contributed by atoms with Crippen molar-refractivity contribution in [2.75, 3.05) is 12.8 Å². The van der Waals surface area contributed by atoms with Gasteiger partial charge < -0.3 is 0 Å². The van der Waals surface area contributed by atoms with E-state index in [1.54, 1.807) is 11.8 Å². The number of benzene rings is 1. The van der Waals surface area contributed by atoms with Crippen LogP contribution in [0.15, 0.2) is 27.6 Å². The second kappa shape index (κ2) is 6.98. The van der Waals surface area contributed by atoms with Gasteiger partial charge in [0.15, 0.2) is 0 Å². The zero-order chi connectivity index (χ0) is 15.5. The molecule has 0 heterocycles. The van der Waals surface area contributed by atoms with E-state index in [0.717, 1.165) is 31.7 Å². The molecule has 1 fully saturated rings. The van der Waals surface area contributed by atoms with E-state index in [2.05, 4.69) is 20.7 Å². The summed E-state index contributed by atoms with van der Waals surface area (Å²) >= 11 is 4.75. The number of thioether (sulfide) groups is 1. The first-order valence-electron chi connectivity index (χ1n) is 6.88. The maximum atomic E-state index is 13.5. The highest BCUT2D eigenvalue weighted by Gasteiger charge is 2.32. The topological polar surface area (TPSA) is 46.2 Å². The quantitative estimate of drug-likeness (QED) is 0.820. The average Bonchev–Trinajstić information content (AvgIpc) is 2.49. The third kappa shape index (κ3) is 4.21. The number of rotatable bonds is 5. The third-order valence-corrected chi connectivity index (χ3v) is 7.44. The molecule has 1 aromatic carbocycles. The molecule has 1 aliphatic rings. The number of hydrogen-bond acceptors (Lipinski definition) is 3. The summed E-state index contributed by atoms with van der Waals surface area (Å²) in [5.74, 6) is -0.574. The third-order valence-electron chi connectivity index (χ3n) is 3.98. The molecule has 0 radical (unpaired) electrons. The molecule has 1 saturated carbocycles. The van der Waals surface area contributed by atoms with Gasteiger partial charge in [0.2, 0.25) is 10.0 Å². The van der Waals surface area contributed by atoms with Crippen molar-refractivity contribution in [1.29, 1.82) is 0 Å². The van der Waals surface area contributed by atoms with Gasteiger partial charge in [0.05, 0.1) is 9.37 Å². The highest BCUT2D eigenvalue weighted by molar-refractivity contribution is 9.10. The summed E-state index contributed by atoms with van der Waals surface area (Å²) in [4.78, 5) is -0.0322. The summed E-state index contributed by atoms with van der Waals surface area (Å²) in [5.41, 5.74) is 0. The first kappa shape index (κ1) is 17.2. The van der Waals surface area contributed by atoms with E-state index in [1.165, 1.54) is 18.6 Å². The van der Waals surface area contributed by atoms with Crippen LogP contribution in [0.2, 0.25) is 0 Å². The number of nitrogens with one attached hydrogen (secondary N) is 1. The van der Waals surface area contributed by atoms with Gasteiger partial charge in [0.1, 0.15) is 5.82 Å². The smallest absolute Gasteiger partial charge is 0.210 e. The fourth-order valence-electron chi connectivity index (χ4n) is 2.60. The second-order valence-electron chi connectivity index (χ2n) is 5.35. The van der Waals surface area contributed by atoms with Crippen molar-refractivity contribution >= 4 is 37.7 Å². The van der Waals surface area contributed by atoms with Crippen molar-refractivity contribution in [3.05, 3.63) is 28.5 Å². The van der Waals surface area contributed by atoms with Gasteiger partial charge in [0, 0.05) is 11.3 Å². The van der Waals surface area contributed by atoms with Crippen LogP contribution in [-0.4, -0.2) is 26.0 Å². The molecule has 0 saturated heterocycles. The Balaban J connectivity index is 2.11. The lowest BCUT2D eigenvalue weighted by Gasteiger charge is -2.35. The summed E-state index contributed by atoms with van der Waals surface area (Å²) in [6.45, 7) is 0.397. The van der Waals surface area contributed by atoms with Crippen molar-refractivity contribution < 1.29 is 12.8 Å². The van der Waals surface area contributed by atoms with Crippen LogP contribution in [0.4, 0.5) is 4.39 Å². The summed E-state index contributed by atoms with van der Waals surface area (Å²) in [6.07, 6.45) is 7.55. The van der Waals surface area contributed by atoms with Gasteiger partial charge in [-0.05, 0) is 53.2 Å². The molecular formula is C14H19BrFNO2S2. The molecule has 0 amide bonds. The summed E-state index contributed by atoms with van der Waals surface area (Å²) in [7, 11) is -3.67. The highest BCUT2D eigenvalue weighted by Crippen LogP contribution is 2.38. The minimum atomic E-state index is -3.67. The fraction of sp³-hybridized carbons (Fsp3) is 0.571. The molecule has 7 heteroatoms. The zero-order valence-corrected chi connectivity index (χ0v) is 15.1. The van der Waals surface area contributed by atoms with E-state index in [1.807, 2.05) is 6.26 Å². The van der Waals surface area contributed by atoms with Crippen molar-refractivity contribution in [2.24, 2.45) is 0 Å². The van der Waals surface area contributed by atoms with Crippen molar-refractivity contribution in [2.45, 2.75) is 41.7 Å². The molecule has 2 rings (SSSR count). The van der Waals surface area contributed by atoms with Crippen LogP contribution in [0.5, 0.6) is 0 Å². The lowest BCUT2D eigenvalue weighted by molar-refractivity contribution is 0.395. The van der Waals surface area contributed by atoms with Gasteiger partial charge >= 0.3 is 0 Å². The van der Waals surface area contributed by atoms with Gasteiger partial charge in [-0.2, -0.15) is 11.8 Å². The Kier molecular flexibility index (Phi) is 5.73. The molecule has 0 atom stereocenters. The minimum Gasteiger partial charge on any atom is -0.210 e. The van der Waals surface area contributed by atoms with E-state index < -0.39 is 15.8 Å². The maximum Gasteiger partial charge on any atom is 0.240 e. The lowest BCUT2D eigenvalue weighted by Crippen LogP contribution is -2.41. The highest BCUT2D eigenvalue weighted by atomic mass is 79.9. The van der Waals surface area contributed by atoms with Crippen molar-refractivity contribution in [3.8, 4) is 0 Å². The van der Waals surface area contributed by atoms with Crippen LogP contribution < -0.4 is 4.72 Å². The van der Waals surface area contributed by atoms with Gasteiger partial charge in [-0.1, -0.05) is 19.3 Å². The molecule has 1 aliphatic carbocycles. The standard InChI is InChI=1S/C14H19BrFNO2S2/c1-20-14(7-3-2-4-8-14)10-17-21(18,19)11-5-6-12(15)13(16)9-11/h5-6,9,17H,2-4,7-8,10H2,1H3. The van der Waals surface area contributed by atoms with E-state index in [0.29, 0.717) is 6.54 Å². The SMILES string of the molecule is CSC1(CNS(=O)(=O)c2ccc(Br)c(F)c2)CCCCC1. The Labute approximate surface area is 138 Å². The largest absolute Gasteiger partial charge is 0.240 e. The molecule has 118 valence electrons. The number of halogens is 2. The van der Waals surface area contributed by atoms with Crippen LogP contribution in [0, 0.1) is 5.82 Å². The molecule has 0 aromatic heterocycles. The van der Waals surface area contributed by atoms with Crippen LogP contribution in [0.3, 0.4) is 0 Å². The Hall–Kier alpha value is -0.110. The van der Waals surface area contributed by atoms with E-state index in [9.17, 15) is 12.8 Å². The minimum absolute atomic E-state index is 0.0285. The second-order valence-corrected chi connectivity index (χ2v) is 9.24. The zero-order valence-electron chi connectivity index (χ0n) is 11.9. The summed E-state index contributed by atoms with van der Waals surface area (Å²) < 4.78 is 41.0. The molecule has 0 spiro atoms. The first-order valence-corrected chi connectivity index (χ1v) is 10.4. The van der Waals surface area contributed by atoms with Gasteiger partial charge in [-0.25, -0.2) is 17.5 Å². The number of sulfonamides is 1. The first-order chi connectivity index (χ1) is 9.88. The predicted molar refractivity (Wildman–Crippen MR) is 88.6 cm³/mol. The molecule has 3 nitrogen and oxygen atoms in total. The lowest BCUT2D eigenvalue weighted by atomic mass is 9.88. The Morgan fingerprint density at radius 1 is 1.33 bits per heavy atom. The van der Waals surface area contributed by atoms with Gasteiger partial charge in [-0.15, -0.1) is 0 Å². The van der Waals surface area contributed by atoms with Crippen LogP contribution in [0.25, 0.3) is 0 Å². The number of hydrogen-bond donors (Lipinski definition) is 1. The molecule has 0 unspecified atom stereocenters. The van der Waals surface area contributed by atoms with Crippen LogP contribution >= 0.6 is 27.7 Å². The monoisotopic (exact) mass is 395 g/mol. The average molecular weight is 396 g/mol. The normalized spacial score (nSPS) is 18.6. The molecular weight excluding hydrogens is 377 g/mol. The molecule has 1 N–H and O–H groups in total. The molecule has 0 bridgehead atoms. The molecule has 0 aliphatic heterocycles. The van der Waals surface area contributed by atoms with E-state index >= 15 is 0 Å². The maximum absolute atomic E-state index is 13.5. The summed E-state index contributed by atoms with van der Waals surface area (Å²) in [5, 5.41) is 0. The fourth-order valence-corrected chi connectivity index (χ4v) is 4.99. The molecule has 21 heavy (non-hydrogen) atoms. The van der Waals surface area contributed by atoms with E-state index in [-0.39, 0.29) is 14.1 Å². The Morgan fingerprint density at radius 3 is 2.57 bits per heavy atom. The Morgan fingerprint density at radius 2 is 2.00 bits per heavy atom. The summed E-state index contributed by atoms with van der Waals surface area (Å²) in [6, 6.07) is 3.86.